The minimum absolute atomic E-state index is 0.167. The molecule has 0 radical (unpaired) electrons. The van der Waals surface area contributed by atoms with Crippen LogP contribution >= 0.6 is 0 Å². The Morgan fingerprint density at radius 1 is 1.56 bits per heavy atom. The molecule has 1 aromatic rings. The smallest absolute Gasteiger partial charge is 0.325 e. The topological polar surface area (TPSA) is 58.6 Å². The van der Waals surface area contributed by atoms with Crippen LogP contribution in [0, 0.1) is 0 Å². The van der Waals surface area contributed by atoms with Crippen LogP contribution < -0.4 is 10.1 Å². The molecule has 1 aliphatic rings. The van der Waals surface area contributed by atoms with Crippen molar-refractivity contribution in [1.29, 1.82) is 0 Å². The first kappa shape index (κ1) is 11.0. The average molecular weight is 221 g/mol. The van der Waals surface area contributed by atoms with Gasteiger partial charge in [0.15, 0.2) is 0 Å². The number of hydrogen-bond acceptors (Lipinski definition) is 3. The summed E-state index contributed by atoms with van der Waals surface area (Å²) in [6, 6.07) is 5.10. The third-order valence-corrected chi connectivity index (χ3v) is 2.89. The third-order valence-electron chi connectivity index (χ3n) is 2.89. The summed E-state index contributed by atoms with van der Waals surface area (Å²) in [4.78, 5) is 11.1. The van der Waals surface area contributed by atoms with E-state index in [0.29, 0.717) is 0 Å². The molecule has 2 unspecified atom stereocenters. The van der Waals surface area contributed by atoms with Gasteiger partial charge in [-0.1, -0.05) is 6.07 Å². The molecule has 0 amide bonds. The predicted octanol–water partition coefficient (Wildman–Crippen LogP) is 1.36. The second-order valence-corrected chi connectivity index (χ2v) is 4.11. The zero-order chi connectivity index (χ0) is 11.7. The summed E-state index contributed by atoms with van der Waals surface area (Å²) in [6.07, 6.45) is 0.830. The molecule has 0 bridgehead atoms. The van der Waals surface area contributed by atoms with Crippen LogP contribution in [-0.4, -0.2) is 24.2 Å². The number of carbonyl (C=O) groups is 1. The highest BCUT2D eigenvalue weighted by Crippen LogP contribution is 2.28. The molecule has 1 aromatic carbocycles. The van der Waals surface area contributed by atoms with Gasteiger partial charge in [-0.2, -0.15) is 0 Å². The van der Waals surface area contributed by atoms with Gasteiger partial charge < -0.3 is 9.84 Å². The molecule has 1 heterocycles. The molecule has 0 saturated carbocycles. The summed E-state index contributed by atoms with van der Waals surface area (Å²) >= 11 is 0. The Balaban J connectivity index is 2.43. The number of ether oxygens (including phenoxy) is 1. The number of carboxylic acids is 1. The largest absolute Gasteiger partial charge is 0.497 e. The second-order valence-electron chi connectivity index (χ2n) is 4.11. The van der Waals surface area contributed by atoms with Gasteiger partial charge in [-0.15, -0.1) is 0 Å². The Morgan fingerprint density at radius 3 is 2.94 bits per heavy atom. The Bertz CT molecular complexity index is 417. The second kappa shape index (κ2) is 4.14. The van der Waals surface area contributed by atoms with Gasteiger partial charge in [0.05, 0.1) is 7.11 Å². The van der Waals surface area contributed by atoms with E-state index in [1.807, 2.05) is 19.1 Å². The lowest BCUT2D eigenvalue weighted by atomic mass is 9.90. The maximum absolute atomic E-state index is 11.1. The zero-order valence-corrected chi connectivity index (χ0v) is 9.36. The van der Waals surface area contributed by atoms with Crippen molar-refractivity contribution in [3.63, 3.8) is 0 Å². The van der Waals surface area contributed by atoms with Crippen LogP contribution in [0.25, 0.3) is 0 Å². The minimum atomic E-state index is -0.835. The molecule has 1 aliphatic heterocycles. The fourth-order valence-electron chi connectivity index (χ4n) is 2.13. The lowest BCUT2D eigenvalue weighted by molar-refractivity contribution is -0.140. The first-order valence-electron chi connectivity index (χ1n) is 5.27. The summed E-state index contributed by atoms with van der Waals surface area (Å²) in [7, 11) is 1.61. The molecule has 0 aliphatic carbocycles. The van der Waals surface area contributed by atoms with E-state index in [1.165, 1.54) is 0 Å². The lowest BCUT2D eigenvalue weighted by Gasteiger charge is -2.29. The maximum Gasteiger partial charge on any atom is 0.325 e. The number of methoxy groups -OCH3 is 1. The van der Waals surface area contributed by atoms with Crippen LogP contribution in [-0.2, 0) is 11.2 Å². The van der Waals surface area contributed by atoms with Gasteiger partial charge in [-0.05, 0) is 36.6 Å². The highest BCUT2D eigenvalue weighted by atomic mass is 16.5. The third kappa shape index (κ3) is 1.88. The molecule has 0 spiro atoms. The van der Waals surface area contributed by atoms with E-state index in [-0.39, 0.29) is 6.04 Å². The molecule has 2 atom stereocenters. The Hall–Kier alpha value is -1.55. The summed E-state index contributed by atoms with van der Waals surface area (Å²) < 4.78 is 5.14. The van der Waals surface area contributed by atoms with Crippen molar-refractivity contribution in [1.82, 2.24) is 5.32 Å². The van der Waals surface area contributed by atoms with Crippen molar-refractivity contribution >= 4 is 5.97 Å². The van der Waals surface area contributed by atoms with Crippen LogP contribution in [0.15, 0.2) is 18.2 Å². The van der Waals surface area contributed by atoms with Gasteiger partial charge in [0.1, 0.15) is 11.8 Å². The standard InChI is InChI=1S/C12H15NO3/c1-7-5-8-6-9(16-2)3-4-10(8)11(13-7)12(14)15/h3-4,6-7,11,13H,5H2,1-2H3,(H,14,15). The molecule has 0 saturated heterocycles. The van der Waals surface area contributed by atoms with E-state index in [4.69, 9.17) is 9.84 Å². The number of carboxylic acid groups (broad SMARTS) is 1. The Labute approximate surface area is 94.2 Å². The van der Waals surface area contributed by atoms with Crippen LogP contribution in [0.3, 0.4) is 0 Å². The summed E-state index contributed by atoms with van der Waals surface area (Å²) in [5.74, 6) is -0.0602. The van der Waals surface area contributed by atoms with Gasteiger partial charge in [0.25, 0.3) is 0 Å². The molecule has 4 nitrogen and oxygen atoms in total. The van der Waals surface area contributed by atoms with E-state index in [9.17, 15) is 4.79 Å². The van der Waals surface area contributed by atoms with Crippen molar-refractivity contribution in [2.24, 2.45) is 0 Å². The number of hydrogen-bond donors (Lipinski definition) is 2. The molecule has 16 heavy (non-hydrogen) atoms. The van der Waals surface area contributed by atoms with Gasteiger partial charge in [0, 0.05) is 6.04 Å². The minimum Gasteiger partial charge on any atom is -0.497 e. The molecule has 2 N–H and O–H groups in total. The number of nitrogens with one attached hydrogen (secondary N) is 1. The number of aliphatic carboxylic acids is 1. The van der Waals surface area contributed by atoms with E-state index in [2.05, 4.69) is 5.32 Å². The van der Waals surface area contributed by atoms with Gasteiger partial charge in [-0.25, -0.2) is 0 Å². The fourth-order valence-corrected chi connectivity index (χ4v) is 2.13. The predicted molar refractivity (Wildman–Crippen MR) is 59.7 cm³/mol. The van der Waals surface area contributed by atoms with Gasteiger partial charge >= 0.3 is 5.97 Å². The van der Waals surface area contributed by atoms with Crippen molar-refractivity contribution in [3.05, 3.63) is 29.3 Å². The summed E-state index contributed by atoms with van der Waals surface area (Å²) in [6.45, 7) is 1.98. The highest BCUT2D eigenvalue weighted by Gasteiger charge is 2.29. The SMILES string of the molecule is COc1ccc2c(c1)CC(C)NC2C(=O)O. The highest BCUT2D eigenvalue weighted by molar-refractivity contribution is 5.76. The molecule has 0 aromatic heterocycles. The monoisotopic (exact) mass is 221 g/mol. The fraction of sp³-hybridized carbons (Fsp3) is 0.417. The molecule has 2 rings (SSSR count). The summed E-state index contributed by atoms with van der Waals surface area (Å²) in [5.41, 5.74) is 1.89. The normalized spacial score (nSPS) is 23.6. The Kier molecular flexibility index (Phi) is 2.83. The van der Waals surface area contributed by atoms with E-state index >= 15 is 0 Å². The number of rotatable bonds is 2. The van der Waals surface area contributed by atoms with Crippen molar-refractivity contribution in [2.45, 2.75) is 25.4 Å². The molecule has 4 heteroatoms. The molecule has 86 valence electrons. The lowest BCUT2D eigenvalue weighted by Crippen LogP contribution is -2.41. The van der Waals surface area contributed by atoms with Crippen molar-refractivity contribution in [3.8, 4) is 5.75 Å². The number of fused-ring (bicyclic) bond motifs is 1. The van der Waals surface area contributed by atoms with Crippen LogP contribution in [0.2, 0.25) is 0 Å². The van der Waals surface area contributed by atoms with Gasteiger partial charge in [0.2, 0.25) is 0 Å². The van der Waals surface area contributed by atoms with Crippen LogP contribution in [0.4, 0.5) is 0 Å². The van der Waals surface area contributed by atoms with E-state index in [0.717, 1.165) is 23.3 Å². The first-order chi connectivity index (χ1) is 7.61. The first-order valence-corrected chi connectivity index (χ1v) is 5.27. The quantitative estimate of drug-likeness (QED) is 0.791. The van der Waals surface area contributed by atoms with E-state index in [1.54, 1.807) is 13.2 Å². The Morgan fingerprint density at radius 2 is 2.31 bits per heavy atom. The van der Waals surface area contributed by atoms with Crippen LogP contribution in [0.1, 0.15) is 24.1 Å². The molecular formula is C12H15NO3. The maximum atomic E-state index is 11.1. The van der Waals surface area contributed by atoms with Crippen molar-refractivity contribution in [2.75, 3.05) is 7.11 Å². The zero-order valence-electron chi connectivity index (χ0n) is 9.36. The van der Waals surface area contributed by atoms with Gasteiger partial charge in [-0.3, -0.25) is 10.1 Å². The average Bonchev–Trinajstić information content (AvgIpc) is 2.26. The van der Waals surface area contributed by atoms with Crippen LogP contribution in [0.5, 0.6) is 5.75 Å². The van der Waals surface area contributed by atoms with E-state index < -0.39 is 12.0 Å². The summed E-state index contributed by atoms with van der Waals surface area (Å²) in [5, 5.41) is 12.2. The van der Waals surface area contributed by atoms with Crippen molar-refractivity contribution < 1.29 is 14.6 Å². The molecule has 0 fully saturated rings. The number of benzene rings is 1. The molecular weight excluding hydrogens is 206 g/mol.